The lowest BCUT2D eigenvalue weighted by molar-refractivity contribution is -0.115. The number of anilines is 2. The van der Waals surface area contributed by atoms with Crippen LogP contribution in [0.2, 0.25) is 0 Å². The van der Waals surface area contributed by atoms with Gasteiger partial charge in [-0.25, -0.2) is 4.39 Å². The molecule has 0 saturated carbocycles. The molecule has 0 spiro atoms. The normalized spacial score (nSPS) is 13.6. The van der Waals surface area contributed by atoms with Crippen molar-refractivity contribution in [3.8, 4) is 11.5 Å². The molecule has 0 atom stereocenters. The van der Waals surface area contributed by atoms with Gasteiger partial charge in [-0.1, -0.05) is 0 Å². The average Bonchev–Trinajstić information content (AvgIpc) is 2.83. The first-order valence-corrected chi connectivity index (χ1v) is 8.85. The highest BCUT2D eigenvalue weighted by atomic mass is 19.1. The van der Waals surface area contributed by atoms with E-state index in [0.717, 1.165) is 37.1 Å². The lowest BCUT2D eigenvalue weighted by Gasteiger charge is -2.24. The summed E-state index contributed by atoms with van der Waals surface area (Å²) in [6.45, 7) is 0.867. The number of phenols is 1. The molecular weight excluding hydrogens is 351 g/mol. The smallest absolute Gasteiger partial charge is 0.243 e. The first kappa shape index (κ1) is 19.0. The van der Waals surface area contributed by atoms with Crippen LogP contribution in [0.5, 0.6) is 11.5 Å². The Labute approximate surface area is 157 Å². The Morgan fingerprint density at radius 3 is 2.89 bits per heavy atom. The van der Waals surface area contributed by atoms with E-state index in [9.17, 15) is 14.3 Å². The van der Waals surface area contributed by atoms with Crippen molar-refractivity contribution in [2.24, 2.45) is 0 Å². The Hall–Kier alpha value is -2.80. The molecule has 0 radical (unpaired) electrons. The summed E-state index contributed by atoms with van der Waals surface area (Å²) in [6, 6.07) is 9.43. The van der Waals surface area contributed by atoms with Crippen molar-refractivity contribution >= 4 is 17.3 Å². The van der Waals surface area contributed by atoms with E-state index in [0.29, 0.717) is 5.75 Å². The molecule has 0 saturated heterocycles. The van der Waals surface area contributed by atoms with Crippen LogP contribution in [0.1, 0.15) is 18.4 Å². The Bertz CT molecular complexity index is 813. The SMILES string of the molecule is COCOc1ccc(NC(=O)CN2CCCCc3cc(O)ccc32)c(F)c1. The monoisotopic (exact) mass is 374 g/mol. The van der Waals surface area contributed by atoms with E-state index in [-0.39, 0.29) is 30.7 Å². The molecule has 7 heteroatoms. The first-order valence-electron chi connectivity index (χ1n) is 8.85. The zero-order chi connectivity index (χ0) is 19.2. The molecule has 2 aromatic rings. The predicted molar refractivity (Wildman–Crippen MR) is 101 cm³/mol. The second kappa shape index (κ2) is 8.73. The van der Waals surface area contributed by atoms with Crippen molar-refractivity contribution in [2.45, 2.75) is 19.3 Å². The van der Waals surface area contributed by atoms with Crippen LogP contribution >= 0.6 is 0 Å². The number of carbonyl (C=O) groups is 1. The summed E-state index contributed by atoms with van der Waals surface area (Å²) in [5.41, 5.74) is 2.06. The lowest BCUT2D eigenvalue weighted by Crippen LogP contribution is -2.34. The summed E-state index contributed by atoms with van der Waals surface area (Å²) < 4.78 is 24.1. The van der Waals surface area contributed by atoms with E-state index in [1.807, 2.05) is 11.0 Å². The molecule has 27 heavy (non-hydrogen) atoms. The molecule has 0 bridgehead atoms. The molecule has 0 fully saturated rings. The standard InChI is InChI=1S/C20H23FN2O4/c1-26-13-27-16-6-7-18(17(21)11-16)22-20(25)12-23-9-3-2-4-14-10-15(24)5-8-19(14)23/h5-8,10-11,24H,2-4,9,12-13H2,1H3,(H,22,25). The number of carbonyl (C=O) groups excluding carboxylic acids is 1. The Morgan fingerprint density at radius 1 is 1.26 bits per heavy atom. The van der Waals surface area contributed by atoms with Gasteiger partial charge < -0.3 is 24.8 Å². The fourth-order valence-corrected chi connectivity index (χ4v) is 3.16. The van der Waals surface area contributed by atoms with Gasteiger partial charge in [0.25, 0.3) is 0 Å². The minimum atomic E-state index is -0.571. The van der Waals surface area contributed by atoms with Crippen LogP contribution in [0.25, 0.3) is 0 Å². The van der Waals surface area contributed by atoms with Gasteiger partial charge >= 0.3 is 0 Å². The number of fused-ring (bicyclic) bond motifs is 1. The maximum atomic E-state index is 14.2. The molecule has 2 N–H and O–H groups in total. The summed E-state index contributed by atoms with van der Waals surface area (Å²) in [4.78, 5) is 14.4. The van der Waals surface area contributed by atoms with E-state index in [4.69, 9.17) is 9.47 Å². The number of ether oxygens (including phenoxy) is 2. The minimum absolute atomic E-state index is 0.0229. The number of amides is 1. The summed E-state index contributed by atoms with van der Waals surface area (Å²) >= 11 is 0. The second-order valence-electron chi connectivity index (χ2n) is 6.43. The maximum absolute atomic E-state index is 14.2. The maximum Gasteiger partial charge on any atom is 0.243 e. The number of phenolic OH excluding ortho intramolecular Hbond substituents is 1. The summed E-state index contributed by atoms with van der Waals surface area (Å²) in [6.07, 6.45) is 2.80. The topological polar surface area (TPSA) is 71.0 Å². The number of hydrogen-bond acceptors (Lipinski definition) is 5. The Balaban J connectivity index is 1.67. The van der Waals surface area contributed by atoms with Gasteiger partial charge in [-0.05, 0) is 55.2 Å². The highest BCUT2D eigenvalue weighted by Gasteiger charge is 2.19. The van der Waals surface area contributed by atoms with Crippen LogP contribution in [0, 0.1) is 5.82 Å². The van der Waals surface area contributed by atoms with Crippen molar-refractivity contribution in [3.63, 3.8) is 0 Å². The summed E-state index contributed by atoms with van der Waals surface area (Å²) in [5.74, 6) is -0.329. The van der Waals surface area contributed by atoms with Gasteiger partial charge in [-0.3, -0.25) is 4.79 Å². The molecule has 0 aromatic heterocycles. The number of methoxy groups -OCH3 is 1. The summed E-state index contributed by atoms with van der Waals surface area (Å²) in [5, 5.41) is 12.3. The number of nitrogens with one attached hydrogen (secondary N) is 1. The molecule has 1 aliphatic rings. The molecule has 0 aliphatic carbocycles. The predicted octanol–water partition coefficient (Wildman–Crippen LogP) is 3.30. The van der Waals surface area contributed by atoms with Crippen molar-refractivity contribution in [1.82, 2.24) is 0 Å². The van der Waals surface area contributed by atoms with Gasteiger partial charge in [-0.15, -0.1) is 0 Å². The molecule has 1 amide bonds. The third kappa shape index (κ3) is 4.89. The second-order valence-corrected chi connectivity index (χ2v) is 6.43. The number of nitrogens with zero attached hydrogens (tertiary/aromatic N) is 1. The van der Waals surface area contributed by atoms with E-state index in [1.54, 1.807) is 18.2 Å². The lowest BCUT2D eigenvalue weighted by atomic mass is 10.1. The van der Waals surface area contributed by atoms with Crippen molar-refractivity contribution in [1.29, 1.82) is 0 Å². The third-order valence-electron chi connectivity index (χ3n) is 4.42. The molecular formula is C20H23FN2O4. The van der Waals surface area contributed by atoms with Crippen molar-refractivity contribution in [3.05, 3.63) is 47.8 Å². The average molecular weight is 374 g/mol. The molecule has 0 unspecified atom stereocenters. The van der Waals surface area contributed by atoms with Gasteiger partial charge in [0.05, 0.1) is 12.2 Å². The van der Waals surface area contributed by atoms with Crippen molar-refractivity contribution < 1.29 is 23.8 Å². The number of aromatic hydroxyl groups is 1. The van der Waals surface area contributed by atoms with Crippen molar-refractivity contribution in [2.75, 3.05) is 37.2 Å². The number of rotatable bonds is 6. The van der Waals surface area contributed by atoms with Gasteiger partial charge in [0.2, 0.25) is 5.91 Å². The molecule has 1 heterocycles. The highest BCUT2D eigenvalue weighted by Crippen LogP contribution is 2.29. The van der Waals surface area contributed by atoms with E-state index < -0.39 is 5.82 Å². The fourth-order valence-electron chi connectivity index (χ4n) is 3.16. The number of halogens is 1. The zero-order valence-electron chi connectivity index (χ0n) is 15.2. The van der Waals surface area contributed by atoms with E-state index in [1.165, 1.54) is 19.2 Å². The van der Waals surface area contributed by atoms with Gasteiger partial charge in [-0.2, -0.15) is 0 Å². The molecule has 2 aromatic carbocycles. The molecule has 3 rings (SSSR count). The van der Waals surface area contributed by atoms with E-state index >= 15 is 0 Å². The number of hydrogen-bond donors (Lipinski definition) is 2. The molecule has 1 aliphatic heterocycles. The third-order valence-corrected chi connectivity index (χ3v) is 4.42. The largest absolute Gasteiger partial charge is 0.508 e. The zero-order valence-corrected chi connectivity index (χ0v) is 15.2. The fraction of sp³-hybridized carbons (Fsp3) is 0.350. The molecule has 144 valence electrons. The molecule has 6 nitrogen and oxygen atoms in total. The van der Waals surface area contributed by atoms with Gasteiger partial charge in [0, 0.05) is 25.4 Å². The van der Waals surface area contributed by atoms with Crippen LogP contribution in [0.4, 0.5) is 15.8 Å². The quantitative estimate of drug-likeness (QED) is 0.759. The first-order chi connectivity index (χ1) is 13.1. The van der Waals surface area contributed by atoms with Gasteiger partial charge in [0.1, 0.15) is 17.3 Å². The van der Waals surface area contributed by atoms with Gasteiger partial charge in [0.15, 0.2) is 6.79 Å². The van der Waals surface area contributed by atoms with Crippen LogP contribution in [0.15, 0.2) is 36.4 Å². The van der Waals surface area contributed by atoms with Crippen LogP contribution in [0.3, 0.4) is 0 Å². The number of benzene rings is 2. The minimum Gasteiger partial charge on any atom is -0.508 e. The Morgan fingerprint density at radius 2 is 2.11 bits per heavy atom. The highest BCUT2D eigenvalue weighted by molar-refractivity contribution is 5.94. The van der Waals surface area contributed by atoms with Crippen LogP contribution < -0.4 is 15.0 Å². The number of aryl methyl sites for hydroxylation is 1. The van der Waals surface area contributed by atoms with Crippen LogP contribution in [-0.2, 0) is 16.0 Å². The van der Waals surface area contributed by atoms with E-state index in [2.05, 4.69) is 5.32 Å². The van der Waals surface area contributed by atoms with Crippen LogP contribution in [-0.4, -0.2) is 38.0 Å². The summed E-state index contributed by atoms with van der Waals surface area (Å²) in [7, 11) is 1.48. The Kier molecular flexibility index (Phi) is 6.13.